The Bertz CT molecular complexity index is 2530. The first-order chi connectivity index (χ1) is 34.4. The van der Waals surface area contributed by atoms with Crippen molar-refractivity contribution in [1.29, 1.82) is 0 Å². The van der Waals surface area contributed by atoms with Gasteiger partial charge in [-0.3, -0.25) is 0 Å². The quantitative estimate of drug-likeness (QED) is 0.0699. The van der Waals surface area contributed by atoms with Gasteiger partial charge in [-0.2, -0.15) is 26.3 Å². The third-order valence-corrected chi connectivity index (χ3v) is 19.1. The fourth-order valence-electron chi connectivity index (χ4n) is 9.81. The van der Waals surface area contributed by atoms with Gasteiger partial charge in [0.1, 0.15) is 9.79 Å². The normalized spacial score (nSPS) is 23.9. The second kappa shape index (κ2) is 24.8. The highest BCUT2D eigenvalue weighted by atomic mass is 35.5. The number of amides is 4. The summed E-state index contributed by atoms with van der Waals surface area (Å²) in [6.07, 6.45) is 3.75. The summed E-state index contributed by atoms with van der Waals surface area (Å²) in [5, 5.41) is 45.4. The standard InChI is InChI=1S/2C21H28ClN3O4S.2C2HF3O2/c2*1-13-4-2-6-17(13)23-21(27)24-18-8-7-16(22)20(19(18)26)30(28,29)15-9-11-25-10-3-5-14(25)12-15;2*3-2(4,5)1(6)7/h2*4,7-8,14-15,17,26H,2-3,5-6,9-12H2,1H3,(H2,23,24,27);2*(H,6,7)/t14-,15?,17+;14-,15?,17-;;/m01../s1. The molecule has 6 aliphatic rings. The van der Waals surface area contributed by atoms with Crippen molar-refractivity contribution in [3.8, 4) is 11.5 Å². The Labute approximate surface area is 433 Å². The fourth-order valence-corrected chi connectivity index (χ4v) is 14.6. The Morgan fingerprint density at radius 1 is 0.581 bits per heavy atom. The van der Waals surface area contributed by atoms with E-state index >= 15 is 0 Å². The lowest BCUT2D eigenvalue weighted by molar-refractivity contribution is -0.193. The van der Waals surface area contributed by atoms with Crippen molar-refractivity contribution in [2.24, 2.45) is 0 Å². The van der Waals surface area contributed by atoms with E-state index in [1.165, 1.54) is 24.3 Å². The van der Waals surface area contributed by atoms with Crippen molar-refractivity contribution in [2.45, 2.75) is 148 Å². The minimum absolute atomic E-state index is 0.0260. The number of carboxylic acids is 2. The first-order valence-corrected chi connectivity index (χ1v) is 27.4. The summed E-state index contributed by atoms with van der Waals surface area (Å²) in [6, 6.07) is 5.12. The Balaban J connectivity index is 0.000000218. The van der Waals surface area contributed by atoms with E-state index in [1.807, 2.05) is 13.8 Å². The summed E-state index contributed by atoms with van der Waals surface area (Å²) >= 11 is 12.4. The Kier molecular flexibility index (Phi) is 20.0. The predicted octanol–water partition coefficient (Wildman–Crippen LogP) is 8.62. The third-order valence-electron chi connectivity index (χ3n) is 13.7. The maximum atomic E-state index is 13.4. The number of carboxylic acid groups (broad SMARTS) is 2. The maximum absolute atomic E-state index is 13.4. The van der Waals surface area contributed by atoms with Crippen LogP contribution in [-0.4, -0.2) is 144 Å². The van der Waals surface area contributed by atoms with E-state index in [4.69, 9.17) is 43.0 Å². The van der Waals surface area contributed by atoms with Gasteiger partial charge in [0.2, 0.25) is 0 Å². The number of rotatable bonds is 8. The molecule has 74 heavy (non-hydrogen) atoms. The largest absolute Gasteiger partial charge is 0.504 e. The third kappa shape index (κ3) is 15.1. The molecule has 8 N–H and O–H groups in total. The lowest BCUT2D eigenvalue weighted by atomic mass is 10.0. The summed E-state index contributed by atoms with van der Waals surface area (Å²) < 4.78 is 117. The van der Waals surface area contributed by atoms with Gasteiger partial charge in [0.05, 0.1) is 44.0 Å². The molecule has 4 aliphatic heterocycles. The van der Waals surface area contributed by atoms with Gasteiger partial charge >= 0.3 is 36.4 Å². The predicted molar refractivity (Wildman–Crippen MR) is 261 cm³/mol. The molecule has 0 spiro atoms. The van der Waals surface area contributed by atoms with Gasteiger partial charge in [-0.1, -0.05) is 46.5 Å². The van der Waals surface area contributed by atoms with Gasteiger partial charge in [0, 0.05) is 12.1 Å². The van der Waals surface area contributed by atoms with E-state index in [1.54, 1.807) is 0 Å². The van der Waals surface area contributed by atoms with E-state index in [0.717, 1.165) is 88.7 Å². The molecular formula is C46H58Cl2F6N6O12S2. The zero-order valence-electron chi connectivity index (χ0n) is 40.0. The molecule has 4 amide bonds. The van der Waals surface area contributed by atoms with E-state index in [-0.39, 0.29) is 55.4 Å². The average molecular weight is 1140 g/mol. The van der Waals surface area contributed by atoms with Crippen LogP contribution in [-0.2, 0) is 29.3 Å². The molecule has 4 fully saturated rings. The lowest BCUT2D eigenvalue weighted by Gasteiger charge is -2.34. The van der Waals surface area contributed by atoms with E-state index in [2.05, 4.69) is 43.2 Å². The highest BCUT2D eigenvalue weighted by molar-refractivity contribution is 7.92. The smallest absolute Gasteiger partial charge is 0.490 e. The van der Waals surface area contributed by atoms with Crippen LogP contribution >= 0.6 is 23.2 Å². The molecule has 4 saturated heterocycles. The number of sulfone groups is 2. The molecule has 0 radical (unpaired) electrons. The molecule has 18 nitrogen and oxygen atoms in total. The van der Waals surface area contributed by atoms with Gasteiger partial charge in [0.25, 0.3) is 0 Å². The molecule has 2 aromatic rings. The Morgan fingerprint density at radius 3 is 1.22 bits per heavy atom. The van der Waals surface area contributed by atoms with Crippen LogP contribution in [0.1, 0.15) is 90.9 Å². The van der Waals surface area contributed by atoms with Crippen LogP contribution in [0, 0.1) is 0 Å². The summed E-state index contributed by atoms with van der Waals surface area (Å²) in [6.45, 7) is 7.43. The van der Waals surface area contributed by atoms with Crippen molar-refractivity contribution >= 4 is 78.3 Å². The number of hydrogen-bond acceptors (Lipinski definition) is 12. The fraction of sp³-hybridized carbons (Fsp3) is 0.565. The minimum atomic E-state index is -5.08. The number of anilines is 2. The first-order valence-electron chi connectivity index (χ1n) is 23.5. The van der Waals surface area contributed by atoms with Crippen molar-refractivity contribution in [2.75, 3.05) is 36.8 Å². The van der Waals surface area contributed by atoms with Crippen LogP contribution < -0.4 is 21.3 Å². The molecule has 2 unspecified atom stereocenters. The molecule has 2 aromatic carbocycles. The van der Waals surface area contributed by atoms with Crippen molar-refractivity contribution in [3.05, 3.63) is 57.6 Å². The van der Waals surface area contributed by atoms with Gasteiger partial charge in [-0.05, 0) is 141 Å². The number of phenols is 2. The SMILES string of the molecule is CC1=CCC[C@H]1NC(=O)Nc1ccc(Cl)c(S(=O)(=O)C2CCN3CCC[C@@H]3C2)c1O.CC1=CCC[C@H]1NC(=O)Nc1ccc(Cl)c(S(=O)(=O)C2CCN3CCC[C@H]3C2)c1O.O=C(O)C(F)(F)F.O=C(O)C(F)(F)F. The monoisotopic (exact) mass is 1130 g/mol. The number of nitrogens with zero attached hydrogens (tertiary/aromatic N) is 2. The van der Waals surface area contributed by atoms with Crippen LogP contribution in [0.3, 0.4) is 0 Å². The average Bonchev–Trinajstić information content (AvgIpc) is 4.15. The van der Waals surface area contributed by atoms with Gasteiger partial charge in [-0.15, -0.1) is 0 Å². The van der Waals surface area contributed by atoms with Crippen molar-refractivity contribution < 1.29 is 82.8 Å². The number of aliphatic carboxylic acids is 2. The molecule has 28 heteroatoms. The number of piperidine rings is 2. The minimum Gasteiger partial charge on any atom is -0.504 e. The number of fused-ring (bicyclic) bond motifs is 2. The number of benzene rings is 2. The second-order valence-corrected chi connectivity index (χ2v) is 23.7. The van der Waals surface area contributed by atoms with E-state index < -0.39 is 78.0 Å². The number of urea groups is 2. The topological polar surface area (TPSA) is 272 Å². The van der Waals surface area contributed by atoms with Crippen molar-refractivity contribution in [3.63, 3.8) is 0 Å². The van der Waals surface area contributed by atoms with Crippen LogP contribution in [0.4, 0.5) is 47.3 Å². The molecule has 0 bridgehead atoms. The summed E-state index contributed by atoms with van der Waals surface area (Å²) in [4.78, 5) is 46.7. The summed E-state index contributed by atoms with van der Waals surface area (Å²) in [5.74, 6) is -6.50. The number of alkyl halides is 6. The maximum Gasteiger partial charge on any atom is 0.490 e. The number of nitrogens with one attached hydrogen (secondary N) is 4. The zero-order valence-corrected chi connectivity index (χ0v) is 43.2. The molecule has 0 aromatic heterocycles. The number of hydrogen-bond donors (Lipinski definition) is 8. The van der Waals surface area contributed by atoms with Crippen LogP contribution in [0.5, 0.6) is 11.5 Å². The van der Waals surface area contributed by atoms with E-state index in [0.29, 0.717) is 25.7 Å². The first kappa shape index (κ1) is 59.9. The second-order valence-electron chi connectivity index (χ2n) is 18.6. The highest BCUT2D eigenvalue weighted by Gasteiger charge is 2.43. The summed E-state index contributed by atoms with van der Waals surface area (Å²) in [5.41, 5.74) is 2.25. The number of halogens is 8. The molecule has 4 heterocycles. The molecule has 8 rings (SSSR count). The number of carbonyl (C=O) groups excluding carboxylic acids is 2. The zero-order chi connectivity index (χ0) is 55.1. The lowest BCUT2D eigenvalue weighted by Crippen LogP contribution is -2.43. The molecule has 0 saturated carbocycles. The molecule has 6 atom stereocenters. The van der Waals surface area contributed by atoms with Crippen molar-refractivity contribution in [1.82, 2.24) is 20.4 Å². The molecule has 2 aliphatic carbocycles. The number of carbonyl (C=O) groups is 4. The van der Waals surface area contributed by atoms with E-state index in [9.17, 15) is 63.0 Å². The highest BCUT2D eigenvalue weighted by Crippen LogP contribution is 2.44. The van der Waals surface area contributed by atoms with Crippen LogP contribution in [0.15, 0.2) is 57.4 Å². The van der Waals surface area contributed by atoms with Gasteiger partial charge < -0.3 is 51.5 Å². The van der Waals surface area contributed by atoms with Crippen LogP contribution in [0.2, 0.25) is 10.0 Å². The Morgan fingerprint density at radius 2 is 0.919 bits per heavy atom. The van der Waals surface area contributed by atoms with Crippen LogP contribution in [0.25, 0.3) is 0 Å². The van der Waals surface area contributed by atoms with Gasteiger partial charge in [0.15, 0.2) is 31.2 Å². The summed E-state index contributed by atoms with van der Waals surface area (Å²) in [7, 11) is -7.68. The van der Waals surface area contributed by atoms with Gasteiger partial charge in [-0.25, -0.2) is 36.0 Å². The number of allylic oxidation sites excluding steroid dienone is 2. The number of aromatic hydroxyl groups is 2. The molecular weight excluding hydrogens is 1080 g/mol. The Hall–Kier alpha value is -5.02. The molecule has 412 valence electrons. The number of phenolic OH excluding ortho intramolecular Hbond substituents is 2.